The molecule has 1 aliphatic carbocycles. The number of carbonyl (C=O) groups is 1. The summed E-state index contributed by atoms with van der Waals surface area (Å²) < 4.78 is 35.0. The molecule has 2 fully saturated rings. The first-order chi connectivity index (χ1) is 19.0. The van der Waals surface area contributed by atoms with E-state index in [1.807, 2.05) is 13.0 Å². The van der Waals surface area contributed by atoms with Gasteiger partial charge in [-0.1, -0.05) is 12.1 Å². The molecule has 39 heavy (non-hydrogen) atoms. The van der Waals surface area contributed by atoms with Crippen LogP contribution in [0.4, 0.5) is 20.4 Å². The first-order valence-electron chi connectivity index (χ1n) is 12.9. The van der Waals surface area contributed by atoms with Gasteiger partial charge in [0.05, 0.1) is 16.9 Å². The predicted molar refractivity (Wildman–Crippen MR) is 143 cm³/mol. The van der Waals surface area contributed by atoms with E-state index >= 15 is 0 Å². The van der Waals surface area contributed by atoms with Gasteiger partial charge >= 0.3 is 0 Å². The summed E-state index contributed by atoms with van der Waals surface area (Å²) in [5.74, 6) is 0.329. The van der Waals surface area contributed by atoms with Crippen molar-refractivity contribution in [1.29, 1.82) is 0 Å². The molecule has 0 radical (unpaired) electrons. The third kappa shape index (κ3) is 5.35. The zero-order valence-corrected chi connectivity index (χ0v) is 21.2. The molecule has 11 heteroatoms. The number of rotatable bonds is 7. The molecule has 2 aromatic carbocycles. The van der Waals surface area contributed by atoms with Crippen LogP contribution >= 0.6 is 0 Å². The normalized spacial score (nSPS) is 19.1. The number of amides is 1. The van der Waals surface area contributed by atoms with Crippen LogP contribution in [0, 0.1) is 18.7 Å². The average Bonchev–Trinajstić information content (AvgIpc) is 3.78. The van der Waals surface area contributed by atoms with Gasteiger partial charge in [0.2, 0.25) is 17.7 Å². The molecule has 200 valence electrons. The summed E-state index contributed by atoms with van der Waals surface area (Å²) in [7, 11) is 0. The zero-order chi connectivity index (χ0) is 26.9. The molecule has 0 spiro atoms. The summed E-state index contributed by atoms with van der Waals surface area (Å²) in [6, 6.07) is 8.11. The third-order valence-corrected chi connectivity index (χ3v) is 6.93. The molecule has 2 aromatic heterocycles. The smallest absolute Gasteiger partial charge is 0.231 e. The Morgan fingerprint density at radius 2 is 1.95 bits per heavy atom. The fraction of sp³-hybridized carbons (Fsp3) is 0.321. The Hall–Kier alpha value is -4.25. The minimum Gasteiger partial charge on any atom is -0.437 e. The van der Waals surface area contributed by atoms with E-state index in [1.165, 1.54) is 12.4 Å². The van der Waals surface area contributed by atoms with Crippen LogP contribution in [0.25, 0.3) is 22.0 Å². The third-order valence-electron chi connectivity index (χ3n) is 6.93. The number of ether oxygens (including phenoxy) is 1. The first kappa shape index (κ1) is 25.1. The van der Waals surface area contributed by atoms with Crippen molar-refractivity contribution >= 4 is 28.3 Å². The maximum Gasteiger partial charge on any atom is 0.231 e. The van der Waals surface area contributed by atoms with E-state index in [2.05, 4.69) is 35.9 Å². The van der Waals surface area contributed by atoms with Gasteiger partial charge in [0.15, 0.2) is 0 Å². The van der Waals surface area contributed by atoms with Crippen LogP contribution in [0.5, 0.6) is 11.6 Å². The molecule has 3 heterocycles. The monoisotopic (exact) mass is 531 g/mol. The highest BCUT2D eigenvalue weighted by molar-refractivity contribution is 6.05. The summed E-state index contributed by atoms with van der Waals surface area (Å²) in [5, 5.41) is 10.2. The molecular weight excluding hydrogens is 504 g/mol. The van der Waals surface area contributed by atoms with Crippen molar-refractivity contribution in [3.8, 4) is 22.9 Å². The van der Waals surface area contributed by atoms with E-state index < -0.39 is 12.0 Å². The number of hydrogen-bond acceptors (Lipinski definition) is 8. The molecular formula is C28H27F2N7O2. The summed E-state index contributed by atoms with van der Waals surface area (Å²) in [4.78, 5) is 29.8. The van der Waals surface area contributed by atoms with E-state index in [0.29, 0.717) is 53.2 Å². The molecule has 2 atom stereocenters. The molecule has 0 bridgehead atoms. The van der Waals surface area contributed by atoms with Crippen molar-refractivity contribution < 1.29 is 18.3 Å². The van der Waals surface area contributed by atoms with Gasteiger partial charge in [0.25, 0.3) is 0 Å². The molecule has 3 N–H and O–H groups in total. The van der Waals surface area contributed by atoms with Crippen molar-refractivity contribution in [2.45, 2.75) is 38.4 Å². The Kier molecular flexibility index (Phi) is 6.74. The maximum absolute atomic E-state index is 14.8. The first-order valence-corrected chi connectivity index (χ1v) is 12.9. The second-order valence-electron chi connectivity index (χ2n) is 9.93. The minimum absolute atomic E-state index is 0.0654. The van der Waals surface area contributed by atoms with Crippen molar-refractivity contribution in [2.24, 2.45) is 5.92 Å². The summed E-state index contributed by atoms with van der Waals surface area (Å²) in [6.45, 7) is 2.83. The molecule has 4 aromatic rings. The lowest BCUT2D eigenvalue weighted by Crippen LogP contribution is -2.44. The number of alkyl halides is 1. The van der Waals surface area contributed by atoms with Crippen molar-refractivity contribution in [3.63, 3.8) is 0 Å². The molecule has 1 aliphatic heterocycles. The number of fused-ring (bicyclic) bond motifs is 1. The Morgan fingerprint density at radius 1 is 1.10 bits per heavy atom. The number of piperidine rings is 1. The highest BCUT2D eigenvalue weighted by atomic mass is 19.1. The summed E-state index contributed by atoms with van der Waals surface area (Å²) in [6.07, 6.45) is 5.64. The van der Waals surface area contributed by atoms with Gasteiger partial charge in [-0.15, -0.1) is 0 Å². The second-order valence-corrected chi connectivity index (χ2v) is 9.93. The number of benzene rings is 2. The molecule has 6 rings (SSSR count). The lowest BCUT2D eigenvalue weighted by molar-refractivity contribution is -0.117. The fourth-order valence-corrected chi connectivity index (χ4v) is 4.73. The van der Waals surface area contributed by atoms with Crippen molar-refractivity contribution in [3.05, 3.63) is 60.4 Å². The van der Waals surface area contributed by atoms with E-state index in [1.54, 1.807) is 30.6 Å². The lowest BCUT2D eigenvalue weighted by Gasteiger charge is -2.26. The highest BCUT2D eigenvalue weighted by Gasteiger charge is 2.30. The zero-order valence-electron chi connectivity index (χ0n) is 21.2. The van der Waals surface area contributed by atoms with Gasteiger partial charge < -0.3 is 20.7 Å². The summed E-state index contributed by atoms with van der Waals surface area (Å²) >= 11 is 0. The Morgan fingerprint density at radius 3 is 2.77 bits per heavy atom. The van der Waals surface area contributed by atoms with E-state index in [-0.39, 0.29) is 29.4 Å². The number of nitrogens with one attached hydrogen (secondary N) is 3. The molecule has 1 amide bonds. The van der Waals surface area contributed by atoms with Crippen LogP contribution < -0.4 is 20.7 Å². The van der Waals surface area contributed by atoms with Gasteiger partial charge in [0.1, 0.15) is 24.1 Å². The number of anilines is 2. The molecule has 2 aliphatic rings. The molecule has 9 nitrogen and oxygen atoms in total. The van der Waals surface area contributed by atoms with Gasteiger partial charge in [-0.25, -0.2) is 28.7 Å². The topological polar surface area (TPSA) is 114 Å². The number of nitrogens with zero attached hydrogens (tertiary/aromatic N) is 4. The largest absolute Gasteiger partial charge is 0.437 e. The SMILES string of the molecule is Cc1ccc2c(NC(=O)C3CC3)c(F)ccc2c1Oc1ncncc1-c1ccnc(N[C@@H]2CNC[C@@H](F)C2)n1. The van der Waals surface area contributed by atoms with E-state index in [4.69, 9.17) is 4.74 Å². The molecule has 0 unspecified atom stereocenters. The van der Waals surface area contributed by atoms with Gasteiger partial charge in [-0.2, -0.15) is 0 Å². The van der Waals surface area contributed by atoms with Crippen molar-refractivity contribution in [2.75, 3.05) is 23.7 Å². The standard InChI is InChI=1S/C28H27F2N7O2/c1-15-2-5-19-20(6-7-22(30)24(19)37-26(38)16-3-4-16)25(15)39-27-21(13-32-14-34-27)23-8-9-33-28(36-23)35-18-10-17(29)11-31-12-18/h2,5-9,13-14,16-18,31H,3-4,10-12H2,1H3,(H,37,38)(H,33,35,36)/t17-,18-/m0/s1. The predicted octanol–water partition coefficient (Wildman–Crippen LogP) is 4.79. The second kappa shape index (κ2) is 10.5. The lowest BCUT2D eigenvalue weighted by atomic mass is 10.0. The van der Waals surface area contributed by atoms with Crippen LogP contribution in [-0.2, 0) is 4.79 Å². The number of halogens is 2. The number of carbonyl (C=O) groups excluding carboxylic acids is 1. The Balaban J connectivity index is 1.33. The Bertz CT molecular complexity index is 1550. The highest BCUT2D eigenvalue weighted by Crippen LogP contribution is 2.40. The maximum atomic E-state index is 14.8. The van der Waals surface area contributed by atoms with Crippen molar-refractivity contribution in [1.82, 2.24) is 25.3 Å². The molecule has 1 saturated carbocycles. The van der Waals surface area contributed by atoms with Crippen LogP contribution in [-0.4, -0.2) is 51.1 Å². The van der Waals surface area contributed by atoms with Gasteiger partial charge in [-0.05, 0) is 43.5 Å². The Labute approximate surface area is 223 Å². The van der Waals surface area contributed by atoms with Gasteiger partial charge in [-0.3, -0.25) is 4.79 Å². The number of aromatic nitrogens is 4. The molecule has 1 saturated heterocycles. The van der Waals surface area contributed by atoms with Crippen LogP contribution in [0.3, 0.4) is 0 Å². The minimum atomic E-state index is -0.929. The van der Waals surface area contributed by atoms with Crippen LogP contribution in [0.15, 0.2) is 49.1 Å². The number of hydrogen-bond donors (Lipinski definition) is 3. The van der Waals surface area contributed by atoms with Crippen LogP contribution in [0.1, 0.15) is 24.8 Å². The van der Waals surface area contributed by atoms with Crippen LogP contribution in [0.2, 0.25) is 0 Å². The average molecular weight is 532 g/mol. The van der Waals surface area contributed by atoms with E-state index in [0.717, 1.165) is 18.4 Å². The van der Waals surface area contributed by atoms with Gasteiger partial charge in [0, 0.05) is 54.6 Å². The summed E-state index contributed by atoms with van der Waals surface area (Å²) in [5.41, 5.74) is 1.98. The fourth-order valence-electron chi connectivity index (χ4n) is 4.73. The quantitative estimate of drug-likeness (QED) is 0.312. The number of aryl methyl sites for hydroxylation is 1. The van der Waals surface area contributed by atoms with E-state index in [9.17, 15) is 13.6 Å².